The number of para-hydroxylation sites is 1. The second-order valence-electron chi connectivity index (χ2n) is 16.0. The van der Waals surface area contributed by atoms with Gasteiger partial charge in [0, 0.05) is 43.4 Å². The van der Waals surface area contributed by atoms with Crippen LogP contribution in [-0.2, 0) is 22.6 Å². The summed E-state index contributed by atoms with van der Waals surface area (Å²) in [6, 6.07) is 21.0. The number of rotatable bonds is 15. The molecule has 0 radical (unpaired) electrons. The van der Waals surface area contributed by atoms with E-state index in [4.69, 9.17) is 16.3 Å². The van der Waals surface area contributed by atoms with E-state index in [1.807, 2.05) is 22.4 Å². The Morgan fingerprint density at radius 1 is 0.943 bits per heavy atom. The van der Waals surface area contributed by atoms with Crippen LogP contribution in [0, 0.1) is 17.3 Å². The number of carbonyl (C=O) groups excluding carboxylic acids is 3. The van der Waals surface area contributed by atoms with Crippen molar-refractivity contribution in [3.63, 3.8) is 0 Å². The van der Waals surface area contributed by atoms with Crippen LogP contribution in [0.2, 0.25) is 5.02 Å². The second-order valence-corrected chi connectivity index (χ2v) is 17.4. The van der Waals surface area contributed by atoms with Gasteiger partial charge >= 0.3 is 6.09 Å². The number of benzene rings is 2. The quantitative estimate of drug-likeness (QED) is 0.145. The fraction of sp³-hybridized carbons (Fsp3) is 0.558. The van der Waals surface area contributed by atoms with Crippen LogP contribution in [0.3, 0.4) is 0 Å². The minimum atomic E-state index is -0.706. The van der Waals surface area contributed by atoms with Crippen molar-refractivity contribution in [2.45, 2.75) is 83.2 Å². The molecule has 6 rings (SSSR count). The fourth-order valence-corrected chi connectivity index (χ4v) is 9.66. The van der Waals surface area contributed by atoms with Crippen LogP contribution in [-0.4, -0.2) is 96.8 Å². The molecule has 53 heavy (non-hydrogen) atoms. The van der Waals surface area contributed by atoms with Crippen molar-refractivity contribution in [2.75, 3.05) is 53.4 Å². The van der Waals surface area contributed by atoms with E-state index >= 15 is 0 Å². The van der Waals surface area contributed by atoms with Crippen molar-refractivity contribution in [3.05, 3.63) is 87.6 Å². The number of nitrogens with zero attached hydrogens (tertiary/aromatic N) is 4. The maximum atomic E-state index is 14.7. The zero-order valence-corrected chi connectivity index (χ0v) is 33.2. The predicted molar refractivity (Wildman–Crippen MR) is 213 cm³/mol. The molecule has 8 nitrogen and oxygen atoms in total. The zero-order valence-electron chi connectivity index (χ0n) is 31.6. The van der Waals surface area contributed by atoms with Crippen LogP contribution >= 0.6 is 22.9 Å². The Bertz CT molecular complexity index is 1630. The Morgan fingerprint density at radius 2 is 1.72 bits per heavy atom. The molecule has 1 spiro atoms. The van der Waals surface area contributed by atoms with Crippen molar-refractivity contribution in [1.29, 1.82) is 0 Å². The van der Waals surface area contributed by atoms with Crippen LogP contribution in [0.1, 0.15) is 74.6 Å². The molecule has 1 aromatic heterocycles. The molecule has 10 heteroatoms. The number of ether oxygens (including phenoxy) is 1. The Balaban J connectivity index is 1.12. The maximum absolute atomic E-state index is 14.7. The van der Waals surface area contributed by atoms with Gasteiger partial charge in [-0.25, -0.2) is 4.79 Å². The minimum Gasteiger partial charge on any atom is -0.409 e. The summed E-state index contributed by atoms with van der Waals surface area (Å²) in [7, 11) is 4.18. The number of amides is 2. The zero-order chi connectivity index (χ0) is 37.2. The first kappa shape index (κ1) is 39.5. The lowest BCUT2D eigenvalue weighted by Gasteiger charge is -2.42. The van der Waals surface area contributed by atoms with E-state index in [1.54, 1.807) is 40.5 Å². The van der Waals surface area contributed by atoms with Crippen molar-refractivity contribution in [3.8, 4) is 5.75 Å². The van der Waals surface area contributed by atoms with Crippen LogP contribution in [0.4, 0.5) is 4.79 Å². The molecule has 0 unspecified atom stereocenters. The molecule has 2 aliphatic heterocycles. The Hall–Kier alpha value is -3.24. The van der Waals surface area contributed by atoms with Crippen molar-refractivity contribution in [1.82, 2.24) is 19.6 Å². The first-order valence-electron chi connectivity index (χ1n) is 19.7. The summed E-state index contributed by atoms with van der Waals surface area (Å²) in [5.41, 5.74) is 1.78. The van der Waals surface area contributed by atoms with Crippen molar-refractivity contribution < 1.29 is 19.1 Å². The highest BCUT2D eigenvalue weighted by atomic mass is 35.5. The third-order valence-corrected chi connectivity index (χ3v) is 13.1. The van der Waals surface area contributed by atoms with E-state index in [0.717, 1.165) is 63.0 Å². The number of piperazine rings is 1. The highest BCUT2D eigenvalue weighted by Crippen LogP contribution is 2.47. The molecule has 2 atom stereocenters. The lowest BCUT2D eigenvalue weighted by Crippen LogP contribution is -2.60. The van der Waals surface area contributed by atoms with Gasteiger partial charge < -0.3 is 19.4 Å². The molecule has 1 saturated carbocycles. The summed E-state index contributed by atoms with van der Waals surface area (Å²) in [6.07, 6.45) is 10.1. The van der Waals surface area contributed by atoms with Crippen LogP contribution < -0.4 is 4.74 Å². The smallest absolute Gasteiger partial charge is 0.409 e. The first-order chi connectivity index (χ1) is 25.7. The molecule has 3 aliphatic rings. The average molecular weight is 761 g/mol. The van der Waals surface area contributed by atoms with Gasteiger partial charge in [-0.2, -0.15) is 0 Å². The summed E-state index contributed by atoms with van der Waals surface area (Å²) in [6.45, 7) is 5.08. The van der Waals surface area contributed by atoms with Gasteiger partial charge in [0.2, 0.25) is 5.91 Å². The van der Waals surface area contributed by atoms with Gasteiger partial charge in [0.25, 0.3) is 0 Å². The molecular formula is C43H57ClN4O4S. The van der Waals surface area contributed by atoms with E-state index < -0.39 is 12.1 Å². The maximum Gasteiger partial charge on any atom is 0.415 e. The molecule has 2 aromatic carbocycles. The van der Waals surface area contributed by atoms with Gasteiger partial charge in [-0.15, -0.1) is 11.3 Å². The number of hydrogen-bond acceptors (Lipinski definition) is 7. The van der Waals surface area contributed by atoms with Crippen LogP contribution in [0.25, 0.3) is 0 Å². The van der Waals surface area contributed by atoms with Gasteiger partial charge in [-0.3, -0.25) is 14.5 Å². The molecule has 2 amide bonds. The van der Waals surface area contributed by atoms with Crippen LogP contribution in [0.5, 0.6) is 5.75 Å². The number of halogens is 1. The number of thiophene rings is 1. The number of likely N-dealkylation sites (tertiary alicyclic amines) is 1. The number of unbranched alkanes of at least 4 members (excludes halogenated alkanes) is 1. The van der Waals surface area contributed by atoms with E-state index in [-0.39, 0.29) is 29.9 Å². The molecule has 0 N–H and O–H groups in total. The van der Waals surface area contributed by atoms with Crippen molar-refractivity contribution >= 4 is 40.7 Å². The predicted octanol–water partition coefficient (Wildman–Crippen LogP) is 8.44. The Labute approximate surface area is 325 Å². The lowest BCUT2D eigenvalue weighted by atomic mass is 9.68. The Morgan fingerprint density at radius 3 is 2.45 bits per heavy atom. The molecule has 3 heterocycles. The monoisotopic (exact) mass is 760 g/mol. The van der Waals surface area contributed by atoms with E-state index in [1.165, 1.54) is 31.4 Å². The minimum absolute atomic E-state index is 0.00532. The molecule has 286 valence electrons. The molecule has 1 aliphatic carbocycles. The number of ketones is 1. The van der Waals surface area contributed by atoms with Gasteiger partial charge in [0.15, 0.2) is 11.5 Å². The average Bonchev–Trinajstić information content (AvgIpc) is 3.83. The molecule has 2 saturated heterocycles. The van der Waals surface area contributed by atoms with E-state index in [0.29, 0.717) is 42.3 Å². The first-order valence-corrected chi connectivity index (χ1v) is 20.9. The van der Waals surface area contributed by atoms with Gasteiger partial charge in [-0.05, 0) is 125 Å². The number of carbonyl (C=O) groups is 3. The largest absolute Gasteiger partial charge is 0.415 e. The van der Waals surface area contributed by atoms with Gasteiger partial charge in [0.1, 0.15) is 6.04 Å². The van der Waals surface area contributed by atoms with Gasteiger partial charge in [0.05, 0.1) is 11.6 Å². The second kappa shape index (κ2) is 18.9. The SMILES string of the molecule is CN(C)CCCC[C@@H](CC1CCC2(CC1)CCN(Cc1ccccc1)C2)C(=O)N1CCN(C(=O)Oc2ccccc2Cl)C[C@H]1C(=O)CCc1cccs1. The van der Waals surface area contributed by atoms with E-state index in [2.05, 4.69) is 54.2 Å². The summed E-state index contributed by atoms with van der Waals surface area (Å²) < 4.78 is 5.67. The van der Waals surface area contributed by atoms with Crippen LogP contribution in [0.15, 0.2) is 72.1 Å². The summed E-state index contributed by atoms with van der Waals surface area (Å²) in [5.74, 6) is 0.731. The van der Waals surface area contributed by atoms with Gasteiger partial charge in [-0.1, -0.05) is 66.6 Å². The number of Topliss-reactive ketones (excluding diaryl/α,β-unsaturated/α-hetero) is 1. The highest BCUT2D eigenvalue weighted by Gasteiger charge is 2.43. The molecular weight excluding hydrogens is 704 g/mol. The summed E-state index contributed by atoms with van der Waals surface area (Å²) in [5, 5.41) is 2.37. The molecule has 3 fully saturated rings. The van der Waals surface area contributed by atoms with E-state index in [9.17, 15) is 14.4 Å². The highest BCUT2D eigenvalue weighted by molar-refractivity contribution is 7.09. The van der Waals surface area contributed by atoms with Crippen molar-refractivity contribution in [2.24, 2.45) is 17.3 Å². The third kappa shape index (κ3) is 10.9. The summed E-state index contributed by atoms with van der Waals surface area (Å²) in [4.78, 5) is 51.5. The topological polar surface area (TPSA) is 73.4 Å². The normalized spacial score (nSPS) is 22.7. The third-order valence-electron chi connectivity index (χ3n) is 11.8. The lowest BCUT2D eigenvalue weighted by molar-refractivity contribution is -0.146. The molecule has 3 aromatic rings. The Kier molecular flexibility index (Phi) is 14.1. The molecule has 0 bridgehead atoms. The fourth-order valence-electron chi connectivity index (χ4n) is 8.78. The number of hydrogen-bond donors (Lipinski definition) is 0. The number of aryl methyl sites for hydroxylation is 1. The summed E-state index contributed by atoms with van der Waals surface area (Å²) >= 11 is 7.93. The standard InChI is InChI=1S/C43H57ClN4O4S/c1-45(2)24-9-8-13-35(29-33-19-21-43(22-20-33)23-25-46(32-43)30-34-11-4-3-5-12-34)41(50)48-27-26-47(42(51)52-40-16-7-6-15-37(40)44)31-38(48)39(49)18-17-36-14-10-28-53-36/h3-7,10-12,14-16,28,33,35,38H,8-9,13,17-27,29-32H2,1-2H3/t33?,35-,38-,43?/m0/s1.